The van der Waals surface area contributed by atoms with E-state index in [0.29, 0.717) is 29.6 Å². The minimum absolute atomic E-state index is 0.0105. The van der Waals surface area contributed by atoms with Crippen molar-refractivity contribution in [2.24, 2.45) is 0 Å². The summed E-state index contributed by atoms with van der Waals surface area (Å²) in [5.41, 5.74) is 2.15. The Morgan fingerprint density at radius 3 is 2.85 bits per heavy atom. The Kier molecular flexibility index (Phi) is 4.47. The normalized spacial score (nSPS) is 17.4. The predicted molar refractivity (Wildman–Crippen MR) is 91.0 cm³/mol. The Hall–Kier alpha value is -3.03. The number of hydrogen-bond acceptors (Lipinski definition) is 7. The van der Waals surface area contributed by atoms with Crippen LogP contribution >= 0.6 is 0 Å². The third-order valence-electron chi connectivity index (χ3n) is 4.66. The number of carbonyl (C=O) groups is 1. The van der Waals surface area contributed by atoms with E-state index in [1.165, 1.54) is 0 Å². The average molecular weight is 353 g/mol. The van der Waals surface area contributed by atoms with Gasteiger partial charge in [-0.3, -0.25) is 4.79 Å². The monoisotopic (exact) mass is 353 g/mol. The van der Waals surface area contributed by atoms with E-state index in [9.17, 15) is 4.79 Å². The first-order valence-corrected chi connectivity index (χ1v) is 8.65. The van der Waals surface area contributed by atoms with Crippen molar-refractivity contribution in [3.63, 3.8) is 0 Å². The van der Waals surface area contributed by atoms with E-state index in [-0.39, 0.29) is 18.2 Å². The lowest BCUT2D eigenvalue weighted by Crippen LogP contribution is -2.40. The Morgan fingerprint density at radius 1 is 1.23 bits per heavy atom. The molecular weight excluding hydrogens is 334 g/mol. The number of amides is 1. The first kappa shape index (κ1) is 16.4. The van der Waals surface area contributed by atoms with E-state index in [1.807, 2.05) is 35.2 Å². The molecule has 0 bridgehead atoms. The second-order valence-corrected chi connectivity index (χ2v) is 6.47. The van der Waals surface area contributed by atoms with Gasteiger partial charge in [0.15, 0.2) is 0 Å². The van der Waals surface area contributed by atoms with Gasteiger partial charge in [0.2, 0.25) is 17.6 Å². The van der Waals surface area contributed by atoms with Gasteiger partial charge in [0.05, 0.1) is 12.3 Å². The van der Waals surface area contributed by atoms with E-state index in [0.717, 1.165) is 24.9 Å². The highest BCUT2D eigenvalue weighted by atomic mass is 16.6. The molecule has 1 aliphatic rings. The molecule has 3 aromatic rings. The summed E-state index contributed by atoms with van der Waals surface area (Å²) in [6.07, 6.45) is 2.02. The van der Waals surface area contributed by atoms with E-state index >= 15 is 0 Å². The first-order valence-electron chi connectivity index (χ1n) is 8.65. The molecule has 1 unspecified atom stereocenters. The van der Waals surface area contributed by atoms with Crippen molar-refractivity contribution in [1.82, 2.24) is 25.4 Å². The lowest BCUT2D eigenvalue weighted by atomic mass is 9.97. The van der Waals surface area contributed by atoms with E-state index in [1.54, 1.807) is 6.92 Å². The molecule has 134 valence electrons. The van der Waals surface area contributed by atoms with Crippen LogP contribution in [-0.4, -0.2) is 44.4 Å². The molecule has 26 heavy (non-hydrogen) atoms. The lowest BCUT2D eigenvalue weighted by Gasteiger charge is -2.30. The minimum Gasteiger partial charge on any atom is -0.342 e. The predicted octanol–water partition coefficient (Wildman–Crippen LogP) is 2.38. The standard InChI is InChI=1S/C18H19N5O3/c1-12-15(21-26-20-12)10-16(24)23-9-5-8-14(11-23)18-19-17(22-25-18)13-6-3-2-4-7-13/h2-4,6-7,14H,5,8-11H2,1H3. The summed E-state index contributed by atoms with van der Waals surface area (Å²) >= 11 is 0. The number of aryl methyl sites for hydroxylation is 1. The average Bonchev–Trinajstić information content (AvgIpc) is 3.32. The van der Waals surface area contributed by atoms with Crippen LogP contribution < -0.4 is 0 Å². The molecule has 3 heterocycles. The number of piperidine rings is 1. The maximum atomic E-state index is 12.6. The zero-order valence-corrected chi connectivity index (χ0v) is 14.5. The van der Waals surface area contributed by atoms with Crippen LogP contribution in [0.5, 0.6) is 0 Å². The molecule has 1 fully saturated rings. The van der Waals surface area contributed by atoms with E-state index in [4.69, 9.17) is 4.52 Å². The molecule has 0 aliphatic carbocycles. The molecule has 0 spiro atoms. The summed E-state index contributed by atoms with van der Waals surface area (Å²) in [4.78, 5) is 18.9. The molecule has 1 amide bonds. The van der Waals surface area contributed by atoms with Crippen LogP contribution in [0.3, 0.4) is 0 Å². The molecular formula is C18H19N5O3. The molecule has 0 radical (unpaired) electrons. The van der Waals surface area contributed by atoms with E-state index < -0.39 is 0 Å². The van der Waals surface area contributed by atoms with Crippen molar-refractivity contribution in [1.29, 1.82) is 0 Å². The van der Waals surface area contributed by atoms with Gasteiger partial charge in [0.25, 0.3) is 0 Å². The van der Waals surface area contributed by atoms with Gasteiger partial charge in [-0.25, -0.2) is 4.63 Å². The van der Waals surface area contributed by atoms with Crippen LogP contribution in [0.4, 0.5) is 0 Å². The maximum absolute atomic E-state index is 12.6. The van der Waals surface area contributed by atoms with Gasteiger partial charge in [-0.2, -0.15) is 4.98 Å². The molecule has 1 aliphatic heterocycles. The molecule has 1 saturated heterocycles. The molecule has 8 heteroatoms. The number of carbonyl (C=O) groups excluding carboxylic acids is 1. The number of aromatic nitrogens is 4. The van der Waals surface area contributed by atoms with Crippen molar-refractivity contribution < 1.29 is 13.9 Å². The van der Waals surface area contributed by atoms with Gasteiger partial charge < -0.3 is 9.42 Å². The first-order chi connectivity index (χ1) is 12.7. The highest BCUT2D eigenvalue weighted by Gasteiger charge is 2.29. The SMILES string of the molecule is Cc1nonc1CC(=O)N1CCCC(c2nc(-c3ccccc3)no2)C1. The summed E-state index contributed by atoms with van der Waals surface area (Å²) < 4.78 is 10.1. The zero-order valence-electron chi connectivity index (χ0n) is 14.5. The molecule has 4 rings (SSSR count). The smallest absolute Gasteiger partial charge is 0.231 e. The third kappa shape index (κ3) is 3.35. The van der Waals surface area contributed by atoms with Crippen molar-refractivity contribution in [3.8, 4) is 11.4 Å². The zero-order chi connectivity index (χ0) is 17.9. The molecule has 1 aromatic carbocycles. The summed E-state index contributed by atoms with van der Waals surface area (Å²) in [5.74, 6) is 1.22. The lowest BCUT2D eigenvalue weighted by molar-refractivity contribution is -0.131. The summed E-state index contributed by atoms with van der Waals surface area (Å²) in [5, 5.41) is 11.6. The second-order valence-electron chi connectivity index (χ2n) is 6.47. The fraction of sp³-hybridized carbons (Fsp3) is 0.389. The molecule has 1 atom stereocenters. The van der Waals surface area contributed by atoms with Crippen LogP contribution in [0, 0.1) is 6.92 Å². The topological polar surface area (TPSA) is 98.2 Å². The fourth-order valence-corrected chi connectivity index (χ4v) is 3.18. The Bertz CT molecular complexity index is 889. The van der Waals surface area contributed by atoms with Crippen molar-refractivity contribution in [2.75, 3.05) is 13.1 Å². The number of benzene rings is 1. The largest absolute Gasteiger partial charge is 0.342 e. The molecule has 8 nitrogen and oxygen atoms in total. The molecule has 2 aromatic heterocycles. The maximum Gasteiger partial charge on any atom is 0.231 e. The van der Waals surface area contributed by atoms with Gasteiger partial charge in [0.1, 0.15) is 11.4 Å². The van der Waals surface area contributed by atoms with Crippen molar-refractivity contribution in [2.45, 2.75) is 32.1 Å². The number of nitrogens with zero attached hydrogens (tertiary/aromatic N) is 5. The Labute approximate surface area is 150 Å². The number of likely N-dealkylation sites (tertiary alicyclic amines) is 1. The quantitative estimate of drug-likeness (QED) is 0.710. The third-order valence-corrected chi connectivity index (χ3v) is 4.66. The summed E-state index contributed by atoms with van der Waals surface area (Å²) in [7, 11) is 0. The van der Waals surface area contributed by atoms with Gasteiger partial charge in [0, 0.05) is 18.7 Å². The number of rotatable bonds is 4. The molecule has 0 saturated carbocycles. The Balaban J connectivity index is 1.44. The highest BCUT2D eigenvalue weighted by Crippen LogP contribution is 2.28. The van der Waals surface area contributed by atoms with Crippen LogP contribution in [-0.2, 0) is 11.2 Å². The van der Waals surface area contributed by atoms with Crippen LogP contribution in [0.15, 0.2) is 39.5 Å². The van der Waals surface area contributed by atoms with Gasteiger partial charge in [-0.1, -0.05) is 45.8 Å². The minimum atomic E-state index is 0.0105. The van der Waals surface area contributed by atoms with Gasteiger partial charge in [-0.15, -0.1) is 0 Å². The van der Waals surface area contributed by atoms with Crippen molar-refractivity contribution >= 4 is 5.91 Å². The second kappa shape index (κ2) is 7.07. The molecule has 0 N–H and O–H groups in total. The fourth-order valence-electron chi connectivity index (χ4n) is 3.18. The highest BCUT2D eigenvalue weighted by molar-refractivity contribution is 5.78. The van der Waals surface area contributed by atoms with Gasteiger partial charge >= 0.3 is 0 Å². The summed E-state index contributed by atoms with van der Waals surface area (Å²) in [6, 6.07) is 9.71. The summed E-state index contributed by atoms with van der Waals surface area (Å²) in [6.45, 7) is 3.07. The van der Waals surface area contributed by atoms with E-state index in [2.05, 4.69) is 25.1 Å². The van der Waals surface area contributed by atoms with Crippen molar-refractivity contribution in [3.05, 3.63) is 47.6 Å². The van der Waals surface area contributed by atoms with Gasteiger partial charge in [-0.05, 0) is 19.8 Å². The number of hydrogen-bond donors (Lipinski definition) is 0. The van der Waals surface area contributed by atoms with Crippen LogP contribution in [0.25, 0.3) is 11.4 Å². The Morgan fingerprint density at radius 2 is 2.08 bits per heavy atom. The van der Waals surface area contributed by atoms with Crippen LogP contribution in [0.2, 0.25) is 0 Å². The van der Waals surface area contributed by atoms with Crippen LogP contribution in [0.1, 0.15) is 36.0 Å².